The van der Waals surface area contributed by atoms with Crippen LogP contribution in [0.4, 0.5) is 16.2 Å². The first-order chi connectivity index (χ1) is 14.2. The first-order valence-corrected chi connectivity index (χ1v) is 9.11. The molecule has 3 heterocycles. The number of benzene rings is 2. The van der Waals surface area contributed by atoms with Crippen molar-refractivity contribution in [3.63, 3.8) is 0 Å². The largest absolute Gasteiger partial charge is 0.486 e. The van der Waals surface area contributed by atoms with E-state index >= 15 is 0 Å². The topological polar surface area (TPSA) is 95.9 Å². The highest BCUT2D eigenvalue weighted by Gasteiger charge is 2.21. The van der Waals surface area contributed by atoms with Crippen LogP contribution in [0.25, 0.3) is 0 Å². The van der Waals surface area contributed by atoms with E-state index in [1.165, 1.54) is 0 Å². The monoisotopic (exact) mass is 394 g/mol. The van der Waals surface area contributed by atoms with Crippen molar-refractivity contribution in [2.24, 2.45) is 0 Å². The van der Waals surface area contributed by atoms with Gasteiger partial charge in [-0.1, -0.05) is 12.1 Å². The molecule has 0 radical (unpaired) electrons. The lowest BCUT2D eigenvalue weighted by Crippen LogP contribution is -2.33. The lowest BCUT2D eigenvalue weighted by atomic mass is 10.2. The number of carbonyl (C=O) groups is 1. The molecule has 148 valence electrons. The molecule has 1 unspecified atom stereocenters. The number of nitrogens with one attached hydrogen (secondary N) is 2. The summed E-state index contributed by atoms with van der Waals surface area (Å²) in [7, 11) is 0. The number of carbonyl (C=O) groups excluding carboxylic acids is 1. The van der Waals surface area contributed by atoms with Gasteiger partial charge in [0.25, 0.3) is 0 Å². The van der Waals surface area contributed by atoms with Gasteiger partial charge in [-0.3, -0.25) is 4.68 Å². The molecule has 1 atom stereocenters. The lowest BCUT2D eigenvalue weighted by molar-refractivity contribution is 0.0759. The number of hydrogen-bond acceptors (Lipinski definition) is 6. The summed E-state index contributed by atoms with van der Waals surface area (Å²) in [5, 5.41) is 9.78. The second kappa shape index (κ2) is 7.27. The van der Waals surface area contributed by atoms with Crippen LogP contribution in [0.2, 0.25) is 0 Å². The highest BCUT2D eigenvalue weighted by atomic mass is 16.7. The van der Waals surface area contributed by atoms with Crippen molar-refractivity contribution in [2.45, 2.75) is 12.6 Å². The van der Waals surface area contributed by atoms with Crippen molar-refractivity contribution in [2.75, 3.05) is 24.0 Å². The fourth-order valence-electron chi connectivity index (χ4n) is 3.16. The first kappa shape index (κ1) is 17.2. The fraction of sp³-hybridized carbons (Fsp3) is 0.200. The van der Waals surface area contributed by atoms with Crippen LogP contribution in [0.1, 0.15) is 0 Å². The van der Waals surface area contributed by atoms with Crippen molar-refractivity contribution in [1.29, 1.82) is 0 Å². The molecule has 1 aromatic heterocycles. The highest BCUT2D eigenvalue weighted by Crippen LogP contribution is 2.34. The van der Waals surface area contributed by atoms with E-state index in [9.17, 15) is 4.79 Å². The molecule has 0 bridgehead atoms. The number of urea groups is 1. The molecule has 9 heteroatoms. The Hall–Kier alpha value is -3.88. The average molecular weight is 394 g/mol. The predicted molar refractivity (Wildman–Crippen MR) is 104 cm³/mol. The summed E-state index contributed by atoms with van der Waals surface area (Å²) in [6, 6.07) is 12.4. The Kier molecular flexibility index (Phi) is 4.32. The van der Waals surface area contributed by atoms with E-state index in [-0.39, 0.29) is 18.9 Å². The number of amides is 2. The SMILES string of the molecule is O=C(Nc1ccc2c(c1)OCO2)Nc1cnn(CC2COc3ccccc3O2)c1. The molecular weight excluding hydrogens is 376 g/mol. The molecule has 2 N–H and O–H groups in total. The Labute approximate surface area is 166 Å². The molecule has 2 aliphatic rings. The highest BCUT2D eigenvalue weighted by molar-refractivity contribution is 5.99. The van der Waals surface area contributed by atoms with E-state index in [1.54, 1.807) is 35.3 Å². The molecule has 3 aromatic rings. The van der Waals surface area contributed by atoms with Crippen LogP contribution in [0.3, 0.4) is 0 Å². The zero-order chi connectivity index (χ0) is 19.6. The summed E-state index contributed by atoms with van der Waals surface area (Å²) < 4.78 is 23.9. The summed E-state index contributed by atoms with van der Waals surface area (Å²) in [5.41, 5.74) is 1.17. The third-order valence-electron chi connectivity index (χ3n) is 4.48. The zero-order valence-electron chi connectivity index (χ0n) is 15.3. The van der Waals surface area contributed by atoms with Crippen molar-refractivity contribution in [3.05, 3.63) is 54.9 Å². The standard InChI is InChI=1S/C20H18N4O5/c25-20(22-13-5-6-17-19(7-13)28-12-27-17)23-14-8-21-24(9-14)10-15-11-26-16-3-1-2-4-18(16)29-15/h1-9,15H,10-12H2,(H2,22,23,25). The minimum absolute atomic E-state index is 0.167. The van der Waals surface area contributed by atoms with Gasteiger partial charge in [-0.25, -0.2) is 4.79 Å². The van der Waals surface area contributed by atoms with E-state index < -0.39 is 0 Å². The van der Waals surface area contributed by atoms with Gasteiger partial charge < -0.3 is 29.6 Å². The molecular formula is C20H18N4O5. The van der Waals surface area contributed by atoms with Crippen molar-refractivity contribution >= 4 is 17.4 Å². The van der Waals surface area contributed by atoms with Crippen molar-refractivity contribution < 1.29 is 23.7 Å². The van der Waals surface area contributed by atoms with Gasteiger partial charge >= 0.3 is 6.03 Å². The number of aromatic nitrogens is 2. The summed E-state index contributed by atoms with van der Waals surface area (Å²) in [6.07, 6.45) is 3.15. The maximum Gasteiger partial charge on any atom is 0.323 e. The molecule has 2 aromatic carbocycles. The van der Waals surface area contributed by atoms with Gasteiger partial charge in [0, 0.05) is 18.0 Å². The van der Waals surface area contributed by atoms with Gasteiger partial charge in [-0.15, -0.1) is 0 Å². The molecule has 0 aliphatic carbocycles. The third kappa shape index (κ3) is 3.75. The summed E-state index contributed by atoms with van der Waals surface area (Å²) in [5.74, 6) is 2.73. The number of fused-ring (bicyclic) bond motifs is 2. The number of para-hydroxylation sites is 2. The Bertz CT molecular complexity index is 1050. The maximum atomic E-state index is 12.2. The van der Waals surface area contributed by atoms with E-state index in [0.29, 0.717) is 36.0 Å². The number of anilines is 2. The average Bonchev–Trinajstić information content (AvgIpc) is 3.36. The summed E-state index contributed by atoms with van der Waals surface area (Å²) in [4.78, 5) is 12.2. The number of ether oxygens (including phenoxy) is 4. The number of rotatable bonds is 4. The van der Waals surface area contributed by atoms with Crippen molar-refractivity contribution in [3.8, 4) is 23.0 Å². The molecule has 9 nitrogen and oxygen atoms in total. The van der Waals surface area contributed by atoms with E-state index in [4.69, 9.17) is 18.9 Å². The fourth-order valence-corrected chi connectivity index (χ4v) is 3.16. The summed E-state index contributed by atoms with van der Waals surface area (Å²) in [6.45, 7) is 1.12. The van der Waals surface area contributed by atoms with E-state index in [2.05, 4.69) is 15.7 Å². The molecule has 0 saturated carbocycles. The lowest BCUT2D eigenvalue weighted by Gasteiger charge is -2.26. The number of nitrogens with zero attached hydrogens (tertiary/aromatic N) is 2. The third-order valence-corrected chi connectivity index (χ3v) is 4.48. The molecule has 29 heavy (non-hydrogen) atoms. The maximum absolute atomic E-state index is 12.2. The van der Waals surface area contributed by atoms with Gasteiger partial charge in [0.05, 0.1) is 18.4 Å². The Morgan fingerprint density at radius 2 is 1.79 bits per heavy atom. The second-order valence-electron chi connectivity index (χ2n) is 6.60. The van der Waals surface area contributed by atoms with Crippen LogP contribution >= 0.6 is 0 Å². The molecule has 0 fully saturated rings. The summed E-state index contributed by atoms with van der Waals surface area (Å²) >= 11 is 0. The molecule has 2 amide bonds. The van der Waals surface area contributed by atoms with Crippen molar-refractivity contribution in [1.82, 2.24) is 9.78 Å². The van der Waals surface area contributed by atoms with Gasteiger partial charge in [0.15, 0.2) is 29.1 Å². The Morgan fingerprint density at radius 3 is 2.72 bits per heavy atom. The minimum atomic E-state index is -0.380. The molecule has 2 aliphatic heterocycles. The predicted octanol–water partition coefficient (Wildman–Crippen LogP) is 3.10. The van der Waals surface area contributed by atoms with Gasteiger partial charge in [0.1, 0.15) is 6.61 Å². The van der Waals surface area contributed by atoms with Crippen LogP contribution in [0, 0.1) is 0 Å². The smallest absolute Gasteiger partial charge is 0.323 e. The number of hydrogen-bond donors (Lipinski definition) is 2. The second-order valence-corrected chi connectivity index (χ2v) is 6.60. The Balaban J connectivity index is 1.17. The zero-order valence-corrected chi connectivity index (χ0v) is 15.3. The normalized spacial score (nSPS) is 16.3. The van der Waals surface area contributed by atoms with Gasteiger partial charge in [-0.2, -0.15) is 5.10 Å². The van der Waals surface area contributed by atoms with Crippen LogP contribution in [0.5, 0.6) is 23.0 Å². The quantitative estimate of drug-likeness (QED) is 0.706. The van der Waals surface area contributed by atoms with E-state index in [1.807, 2.05) is 24.3 Å². The van der Waals surface area contributed by atoms with Crippen LogP contribution in [0.15, 0.2) is 54.9 Å². The van der Waals surface area contributed by atoms with Crippen LogP contribution in [-0.4, -0.2) is 35.3 Å². The minimum Gasteiger partial charge on any atom is -0.486 e. The Morgan fingerprint density at radius 1 is 1.00 bits per heavy atom. The molecule has 0 saturated heterocycles. The van der Waals surface area contributed by atoms with Gasteiger partial charge in [0.2, 0.25) is 6.79 Å². The molecule has 0 spiro atoms. The first-order valence-electron chi connectivity index (χ1n) is 9.11. The molecule has 5 rings (SSSR count). The van der Waals surface area contributed by atoms with Crippen LogP contribution < -0.4 is 29.6 Å². The van der Waals surface area contributed by atoms with Crippen LogP contribution in [-0.2, 0) is 6.54 Å². The van der Waals surface area contributed by atoms with E-state index in [0.717, 1.165) is 11.5 Å². The van der Waals surface area contributed by atoms with Gasteiger partial charge in [-0.05, 0) is 24.3 Å².